The van der Waals surface area contributed by atoms with Gasteiger partial charge in [-0.25, -0.2) is 13.6 Å². The summed E-state index contributed by atoms with van der Waals surface area (Å²) in [5.74, 6) is -0.437. The van der Waals surface area contributed by atoms with Crippen LogP contribution in [0.25, 0.3) is 5.65 Å². The Morgan fingerprint density at radius 2 is 2.00 bits per heavy atom. The molecule has 7 nitrogen and oxygen atoms in total. The highest BCUT2D eigenvalue weighted by atomic mass is 19.1. The maximum atomic E-state index is 13.3. The van der Waals surface area contributed by atoms with E-state index in [1.165, 1.54) is 23.5 Å². The lowest BCUT2D eigenvalue weighted by molar-refractivity contribution is -0.116. The van der Waals surface area contributed by atoms with Crippen LogP contribution in [0.1, 0.15) is 37.6 Å². The molecule has 2 aromatic heterocycles. The smallest absolute Gasteiger partial charge is 0.310 e. The van der Waals surface area contributed by atoms with Crippen LogP contribution in [0.5, 0.6) is 0 Å². The molecule has 29 heavy (non-hydrogen) atoms. The molecule has 3 aromatic rings. The van der Waals surface area contributed by atoms with Crippen LogP contribution >= 0.6 is 0 Å². The number of nitriles is 1. The molecule has 3 heterocycles. The number of benzene rings is 1. The van der Waals surface area contributed by atoms with E-state index in [-0.39, 0.29) is 18.3 Å². The van der Waals surface area contributed by atoms with Crippen LogP contribution in [0.3, 0.4) is 0 Å². The van der Waals surface area contributed by atoms with Gasteiger partial charge in [-0.2, -0.15) is 9.94 Å². The van der Waals surface area contributed by atoms with E-state index in [2.05, 4.69) is 5.10 Å². The fourth-order valence-electron chi connectivity index (χ4n) is 4.04. The van der Waals surface area contributed by atoms with Gasteiger partial charge >= 0.3 is 5.69 Å². The fourth-order valence-corrected chi connectivity index (χ4v) is 4.04. The zero-order chi connectivity index (χ0) is 20.9. The first kappa shape index (κ1) is 18.9. The minimum absolute atomic E-state index is 0.110. The van der Waals surface area contributed by atoms with Crippen molar-refractivity contribution in [3.63, 3.8) is 0 Å². The summed E-state index contributed by atoms with van der Waals surface area (Å²) in [5, 5.41) is 13.5. The van der Waals surface area contributed by atoms with Crippen molar-refractivity contribution in [3.8, 4) is 6.07 Å². The van der Waals surface area contributed by atoms with Crippen LogP contribution in [-0.4, -0.2) is 26.6 Å². The molecule has 0 saturated carbocycles. The maximum Gasteiger partial charge on any atom is 0.351 e. The van der Waals surface area contributed by atoms with Crippen LogP contribution < -0.4 is 10.6 Å². The summed E-state index contributed by atoms with van der Waals surface area (Å²) in [5.41, 5.74) is 2.54. The van der Waals surface area contributed by atoms with Gasteiger partial charge in [-0.05, 0) is 23.8 Å². The van der Waals surface area contributed by atoms with E-state index in [1.807, 2.05) is 26.0 Å². The van der Waals surface area contributed by atoms with Crippen molar-refractivity contribution in [2.24, 2.45) is 0 Å². The minimum Gasteiger partial charge on any atom is -0.310 e. The number of halogens is 1. The van der Waals surface area contributed by atoms with Crippen molar-refractivity contribution in [3.05, 3.63) is 63.5 Å². The van der Waals surface area contributed by atoms with Crippen LogP contribution in [-0.2, 0) is 23.2 Å². The summed E-state index contributed by atoms with van der Waals surface area (Å²) < 4.78 is 15.9. The number of aromatic nitrogens is 3. The Bertz CT molecular complexity index is 1230. The molecular weight excluding hydrogens is 373 g/mol. The van der Waals surface area contributed by atoms with Crippen LogP contribution in [0, 0.1) is 17.1 Å². The number of hydrogen-bond acceptors (Lipinski definition) is 4. The van der Waals surface area contributed by atoms with Crippen LogP contribution in [0.2, 0.25) is 0 Å². The van der Waals surface area contributed by atoms with Crippen molar-refractivity contribution in [1.82, 2.24) is 14.2 Å². The number of carbonyl (C=O) groups excluding carboxylic acids is 1. The number of fused-ring (bicyclic) bond motifs is 3. The highest BCUT2D eigenvalue weighted by molar-refractivity contribution is 5.95. The summed E-state index contributed by atoms with van der Waals surface area (Å²) in [4.78, 5) is 27.0. The van der Waals surface area contributed by atoms with E-state index < -0.39 is 11.1 Å². The molecule has 1 aromatic carbocycles. The summed E-state index contributed by atoms with van der Waals surface area (Å²) in [7, 11) is 0. The molecule has 1 aliphatic heterocycles. The van der Waals surface area contributed by atoms with Crippen molar-refractivity contribution in [2.75, 3.05) is 11.4 Å². The lowest BCUT2D eigenvalue weighted by atomic mass is 9.90. The Morgan fingerprint density at radius 1 is 1.31 bits per heavy atom. The third-order valence-corrected chi connectivity index (χ3v) is 5.30. The Balaban J connectivity index is 2.01. The standard InChI is InChI=1S/C21H20FN5O2/c1-13(28)25-12-21(2,3)18-17(25)11-15(10-14-4-6-16(22)7-5-14)19-24-26(9-8-23)20(29)27(18)19/h4-7,11H,9-10,12H2,1-3H3. The van der Waals surface area contributed by atoms with Gasteiger partial charge in [0, 0.05) is 30.9 Å². The van der Waals surface area contributed by atoms with E-state index >= 15 is 0 Å². The number of carbonyl (C=O) groups is 1. The average molecular weight is 393 g/mol. The molecule has 0 atom stereocenters. The SMILES string of the molecule is CC(=O)N1CC(C)(C)c2c1cc(Cc1ccc(F)cc1)c1nn(CC#N)c(=O)n21. The molecule has 0 saturated heterocycles. The summed E-state index contributed by atoms with van der Waals surface area (Å²) >= 11 is 0. The summed E-state index contributed by atoms with van der Waals surface area (Å²) in [6, 6.07) is 9.95. The molecule has 0 aliphatic carbocycles. The average Bonchev–Trinajstić information content (AvgIpc) is 3.12. The first-order valence-corrected chi connectivity index (χ1v) is 9.28. The number of anilines is 1. The molecule has 1 amide bonds. The van der Waals surface area contributed by atoms with Crippen molar-refractivity contribution < 1.29 is 9.18 Å². The van der Waals surface area contributed by atoms with Crippen molar-refractivity contribution in [1.29, 1.82) is 5.26 Å². The summed E-state index contributed by atoms with van der Waals surface area (Å²) in [6.07, 6.45) is 0.409. The van der Waals surface area contributed by atoms with Crippen molar-refractivity contribution >= 4 is 17.2 Å². The normalized spacial score (nSPS) is 14.8. The van der Waals surface area contributed by atoms with Gasteiger partial charge in [-0.1, -0.05) is 26.0 Å². The Hall–Kier alpha value is -3.47. The number of rotatable bonds is 3. The number of amides is 1. The van der Waals surface area contributed by atoms with Gasteiger partial charge in [0.2, 0.25) is 5.91 Å². The van der Waals surface area contributed by atoms with E-state index in [0.717, 1.165) is 15.8 Å². The number of pyridine rings is 1. The molecule has 148 valence electrons. The molecule has 1 aliphatic rings. The molecule has 4 rings (SSSR count). The molecule has 0 fully saturated rings. The van der Waals surface area contributed by atoms with E-state index in [1.54, 1.807) is 17.0 Å². The molecule has 0 unspecified atom stereocenters. The van der Waals surface area contributed by atoms with Gasteiger partial charge < -0.3 is 4.90 Å². The largest absolute Gasteiger partial charge is 0.351 e. The van der Waals surface area contributed by atoms with Crippen LogP contribution in [0.15, 0.2) is 35.1 Å². The highest BCUT2D eigenvalue weighted by Gasteiger charge is 2.40. The molecular formula is C21H20FN5O2. The van der Waals surface area contributed by atoms with Gasteiger partial charge in [0.25, 0.3) is 0 Å². The second-order valence-corrected chi connectivity index (χ2v) is 7.95. The second-order valence-electron chi connectivity index (χ2n) is 7.95. The number of hydrogen-bond donors (Lipinski definition) is 0. The van der Waals surface area contributed by atoms with E-state index in [9.17, 15) is 14.0 Å². The van der Waals surface area contributed by atoms with Gasteiger partial charge in [0.05, 0.1) is 17.5 Å². The highest BCUT2D eigenvalue weighted by Crippen LogP contribution is 2.41. The van der Waals surface area contributed by atoms with E-state index in [4.69, 9.17) is 5.26 Å². The third-order valence-electron chi connectivity index (χ3n) is 5.30. The van der Waals surface area contributed by atoms with Crippen molar-refractivity contribution in [2.45, 2.75) is 39.2 Å². The lowest BCUT2D eigenvalue weighted by Gasteiger charge is -2.19. The Labute approximate surface area is 166 Å². The zero-order valence-corrected chi connectivity index (χ0v) is 16.4. The predicted octanol–water partition coefficient (Wildman–Crippen LogP) is 2.39. The molecule has 0 spiro atoms. The number of nitrogens with zero attached hydrogens (tertiary/aromatic N) is 5. The third kappa shape index (κ3) is 2.99. The Morgan fingerprint density at radius 3 is 2.62 bits per heavy atom. The van der Waals surface area contributed by atoms with E-state index in [0.29, 0.717) is 30.0 Å². The first-order valence-electron chi connectivity index (χ1n) is 9.28. The Kier molecular flexibility index (Phi) is 4.26. The van der Waals surface area contributed by atoms with Gasteiger partial charge in [-0.3, -0.25) is 4.79 Å². The monoisotopic (exact) mass is 393 g/mol. The molecule has 0 radical (unpaired) electrons. The molecule has 0 bridgehead atoms. The van der Waals surface area contributed by atoms with Gasteiger partial charge in [0.15, 0.2) is 5.65 Å². The molecule has 8 heteroatoms. The van der Waals surface area contributed by atoms with Crippen LogP contribution in [0.4, 0.5) is 10.1 Å². The first-order chi connectivity index (χ1) is 13.7. The second kappa shape index (κ2) is 6.55. The fraction of sp³-hybridized carbons (Fsp3) is 0.333. The van der Waals surface area contributed by atoms with Gasteiger partial charge in [-0.15, -0.1) is 5.10 Å². The lowest BCUT2D eigenvalue weighted by Crippen LogP contribution is -2.32. The maximum absolute atomic E-state index is 13.3. The quantitative estimate of drug-likeness (QED) is 0.684. The molecule has 0 N–H and O–H groups in total. The minimum atomic E-state index is -0.460. The summed E-state index contributed by atoms with van der Waals surface area (Å²) in [6.45, 7) is 5.73. The zero-order valence-electron chi connectivity index (χ0n) is 16.4. The predicted molar refractivity (Wildman–Crippen MR) is 105 cm³/mol. The topological polar surface area (TPSA) is 83.4 Å². The van der Waals surface area contributed by atoms with Gasteiger partial charge in [0.1, 0.15) is 12.4 Å².